The summed E-state index contributed by atoms with van der Waals surface area (Å²) in [6.45, 7) is 0.418. The first kappa shape index (κ1) is 14.7. The van der Waals surface area contributed by atoms with Gasteiger partial charge >= 0.3 is 0 Å². The standard InChI is InChI=1S/C14H17N5O2/c1-19(9-10-5-3-4-6-12(10)21-2)14(20)11-7-8-13(16-15)18-17-11/h3-8H,9,15H2,1-2H3,(H,16,18). The lowest BCUT2D eigenvalue weighted by Crippen LogP contribution is -2.27. The van der Waals surface area contributed by atoms with Crippen LogP contribution in [0.2, 0.25) is 0 Å². The lowest BCUT2D eigenvalue weighted by atomic mass is 10.2. The van der Waals surface area contributed by atoms with Gasteiger partial charge in [-0.15, -0.1) is 10.2 Å². The molecule has 1 aromatic carbocycles. The molecule has 0 spiro atoms. The maximum atomic E-state index is 12.3. The topological polar surface area (TPSA) is 93.4 Å². The number of methoxy groups -OCH3 is 1. The van der Waals surface area contributed by atoms with E-state index in [2.05, 4.69) is 15.6 Å². The van der Waals surface area contributed by atoms with E-state index in [4.69, 9.17) is 10.6 Å². The summed E-state index contributed by atoms with van der Waals surface area (Å²) >= 11 is 0. The van der Waals surface area contributed by atoms with Crippen LogP contribution in [-0.4, -0.2) is 35.2 Å². The number of ether oxygens (including phenoxy) is 1. The molecule has 1 aromatic heterocycles. The second-order valence-corrected chi connectivity index (χ2v) is 4.42. The monoisotopic (exact) mass is 287 g/mol. The van der Waals surface area contributed by atoms with Crippen molar-refractivity contribution in [1.29, 1.82) is 0 Å². The molecular formula is C14H17N5O2. The average Bonchev–Trinajstić information content (AvgIpc) is 2.54. The molecule has 0 aliphatic rings. The molecule has 1 heterocycles. The lowest BCUT2D eigenvalue weighted by Gasteiger charge is -2.18. The molecule has 7 heteroatoms. The Labute approximate surface area is 122 Å². The fourth-order valence-corrected chi connectivity index (χ4v) is 1.88. The Balaban J connectivity index is 2.11. The first-order valence-electron chi connectivity index (χ1n) is 6.33. The highest BCUT2D eigenvalue weighted by Crippen LogP contribution is 2.19. The van der Waals surface area contributed by atoms with Crippen LogP contribution in [0.5, 0.6) is 5.75 Å². The molecule has 3 N–H and O–H groups in total. The molecule has 0 bridgehead atoms. The fourth-order valence-electron chi connectivity index (χ4n) is 1.88. The number of hydrazine groups is 1. The largest absolute Gasteiger partial charge is 0.496 e. The van der Waals surface area contributed by atoms with Crippen molar-refractivity contribution in [2.45, 2.75) is 6.54 Å². The molecule has 1 amide bonds. The van der Waals surface area contributed by atoms with E-state index in [1.54, 1.807) is 31.2 Å². The third-order valence-electron chi connectivity index (χ3n) is 2.98. The number of anilines is 1. The molecule has 0 unspecified atom stereocenters. The number of rotatable bonds is 5. The number of nitrogens with two attached hydrogens (primary N) is 1. The zero-order chi connectivity index (χ0) is 15.2. The molecule has 0 radical (unpaired) electrons. The normalized spacial score (nSPS) is 10.0. The minimum absolute atomic E-state index is 0.225. The van der Waals surface area contributed by atoms with E-state index >= 15 is 0 Å². The average molecular weight is 287 g/mol. The predicted molar refractivity (Wildman–Crippen MR) is 78.6 cm³/mol. The van der Waals surface area contributed by atoms with Gasteiger partial charge in [-0.2, -0.15) is 0 Å². The van der Waals surface area contributed by atoms with E-state index in [-0.39, 0.29) is 11.6 Å². The molecule has 7 nitrogen and oxygen atoms in total. The van der Waals surface area contributed by atoms with Gasteiger partial charge in [-0.3, -0.25) is 4.79 Å². The van der Waals surface area contributed by atoms with Crippen molar-refractivity contribution >= 4 is 11.7 Å². The van der Waals surface area contributed by atoms with Crippen LogP contribution in [0.15, 0.2) is 36.4 Å². The maximum Gasteiger partial charge on any atom is 0.274 e. The second-order valence-electron chi connectivity index (χ2n) is 4.42. The highest BCUT2D eigenvalue weighted by atomic mass is 16.5. The van der Waals surface area contributed by atoms with Gasteiger partial charge in [0.05, 0.1) is 7.11 Å². The summed E-state index contributed by atoms with van der Waals surface area (Å²) in [5, 5.41) is 7.62. The molecule has 2 aromatic rings. The van der Waals surface area contributed by atoms with Crippen molar-refractivity contribution in [2.75, 3.05) is 19.6 Å². The number of benzene rings is 1. The number of para-hydroxylation sites is 1. The second kappa shape index (κ2) is 6.67. The van der Waals surface area contributed by atoms with Gasteiger partial charge in [-0.1, -0.05) is 18.2 Å². The predicted octanol–water partition coefficient (Wildman–Crippen LogP) is 1.04. The molecule has 0 atom stereocenters. The van der Waals surface area contributed by atoms with Gasteiger partial charge in [-0.25, -0.2) is 5.84 Å². The molecule has 0 fully saturated rings. The molecule has 0 saturated carbocycles. The van der Waals surface area contributed by atoms with Crippen LogP contribution >= 0.6 is 0 Å². The molecule has 0 saturated heterocycles. The minimum atomic E-state index is -0.225. The Morgan fingerprint density at radius 1 is 1.29 bits per heavy atom. The Kier molecular flexibility index (Phi) is 4.68. The van der Waals surface area contributed by atoms with Crippen LogP contribution in [0.1, 0.15) is 16.1 Å². The van der Waals surface area contributed by atoms with Gasteiger partial charge in [0.15, 0.2) is 11.5 Å². The van der Waals surface area contributed by atoms with Crippen molar-refractivity contribution in [1.82, 2.24) is 15.1 Å². The van der Waals surface area contributed by atoms with Gasteiger partial charge in [0, 0.05) is 19.2 Å². The summed E-state index contributed by atoms with van der Waals surface area (Å²) in [4.78, 5) is 13.8. The van der Waals surface area contributed by atoms with Crippen molar-refractivity contribution in [3.8, 4) is 5.75 Å². The summed E-state index contributed by atoms with van der Waals surface area (Å²) in [7, 11) is 3.30. The van der Waals surface area contributed by atoms with Gasteiger partial charge in [0.2, 0.25) is 0 Å². The van der Waals surface area contributed by atoms with E-state index in [0.717, 1.165) is 11.3 Å². The summed E-state index contributed by atoms with van der Waals surface area (Å²) in [6, 6.07) is 10.7. The van der Waals surface area contributed by atoms with Crippen molar-refractivity contribution in [3.63, 3.8) is 0 Å². The van der Waals surface area contributed by atoms with Crippen LogP contribution < -0.4 is 16.0 Å². The number of nitrogens with zero attached hydrogens (tertiary/aromatic N) is 3. The minimum Gasteiger partial charge on any atom is -0.496 e. The number of aromatic nitrogens is 2. The Hall–Kier alpha value is -2.67. The Bertz CT molecular complexity index is 615. The SMILES string of the molecule is COc1ccccc1CN(C)C(=O)c1ccc(NN)nn1. The van der Waals surface area contributed by atoms with Crippen molar-refractivity contribution < 1.29 is 9.53 Å². The van der Waals surface area contributed by atoms with E-state index < -0.39 is 0 Å². The summed E-state index contributed by atoms with van der Waals surface area (Å²) < 4.78 is 5.27. The number of nitrogens with one attached hydrogen (secondary N) is 1. The fraction of sp³-hybridized carbons (Fsp3) is 0.214. The first-order valence-corrected chi connectivity index (χ1v) is 6.33. The summed E-state index contributed by atoms with van der Waals surface area (Å²) in [5.41, 5.74) is 3.54. The Morgan fingerprint density at radius 3 is 2.67 bits per heavy atom. The van der Waals surface area contributed by atoms with Crippen LogP contribution in [0.4, 0.5) is 5.82 Å². The van der Waals surface area contributed by atoms with Gasteiger partial charge in [0.1, 0.15) is 5.75 Å². The smallest absolute Gasteiger partial charge is 0.274 e. The van der Waals surface area contributed by atoms with E-state index in [1.165, 1.54) is 0 Å². The maximum absolute atomic E-state index is 12.3. The van der Waals surface area contributed by atoms with Gasteiger partial charge in [0.25, 0.3) is 5.91 Å². The van der Waals surface area contributed by atoms with Crippen molar-refractivity contribution in [3.05, 3.63) is 47.7 Å². The Morgan fingerprint density at radius 2 is 2.05 bits per heavy atom. The quantitative estimate of drug-likeness (QED) is 0.630. The summed E-state index contributed by atoms with van der Waals surface area (Å²) in [5.74, 6) is 6.13. The third-order valence-corrected chi connectivity index (χ3v) is 2.98. The highest BCUT2D eigenvalue weighted by Gasteiger charge is 2.15. The lowest BCUT2D eigenvalue weighted by molar-refractivity contribution is 0.0777. The number of hydrogen-bond acceptors (Lipinski definition) is 6. The van der Waals surface area contributed by atoms with E-state index in [0.29, 0.717) is 12.4 Å². The zero-order valence-corrected chi connectivity index (χ0v) is 11.9. The highest BCUT2D eigenvalue weighted by molar-refractivity contribution is 5.92. The van der Waals surface area contributed by atoms with Crippen LogP contribution in [0.3, 0.4) is 0 Å². The molecule has 110 valence electrons. The first-order chi connectivity index (χ1) is 10.2. The van der Waals surface area contributed by atoms with Crippen LogP contribution in [-0.2, 0) is 6.54 Å². The van der Waals surface area contributed by atoms with Crippen LogP contribution in [0, 0.1) is 0 Å². The zero-order valence-electron chi connectivity index (χ0n) is 11.9. The number of carbonyl (C=O) groups is 1. The number of amides is 1. The molecule has 0 aliphatic heterocycles. The van der Waals surface area contributed by atoms with E-state index in [9.17, 15) is 4.79 Å². The summed E-state index contributed by atoms with van der Waals surface area (Å²) in [6.07, 6.45) is 0. The molecule has 0 aliphatic carbocycles. The van der Waals surface area contributed by atoms with Crippen molar-refractivity contribution in [2.24, 2.45) is 5.84 Å². The number of nitrogen functional groups attached to an aromatic ring is 1. The molecular weight excluding hydrogens is 270 g/mol. The number of hydrogen-bond donors (Lipinski definition) is 2. The molecule has 21 heavy (non-hydrogen) atoms. The molecule has 2 rings (SSSR count). The van der Waals surface area contributed by atoms with Gasteiger partial charge < -0.3 is 15.1 Å². The third kappa shape index (κ3) is 3.46. The number of carbonyl (C=O) groups excluding carboxylic acids is 1. The van der Waals surface area contributed by atoms with E-state index in [1.807, 2.05) is 24.3 Å². The van der Waals surface area contributed by atoms with Gasteiger partial charge in [-0.05, 0) is 18.2 Å². The van der Waals surface area contributed by atoms with Crippen LogP contribution in [0.25, 0.3) is 0 Å².